The minimum absolute atomic E-state index is 0.650. The quantitative estimate of drug-likeness (QED) is 0.850. The molecule has 0 amide bonds. The maximum atomic E-state index is 6.41. The van der Waals surface area contributed by atoms with Gasteiger partial charge < -0.3 is 10.6 Å². The highest BCUT2D eigenvalue weighted by molar-refractivity contribution is 6.31. The lowest BCUT2D eigenvalue weighted by Crippen LogP contribution is -2.36. The Morgan fingerprint density at radius 1 is 1.30 bits per heavy atom. The summed E-state index contributed by atoms with van der Waals surface area (Å²) in [5.41, 5.74) is 8.06. The molecular weight excluding hydrogens is 268 g/mol. The Bertz CT molecular complexity index is 425. The van der Waals surface area contributed by atoms with Gasteiger partial charge in [-0.2, -0.15) is 0 Å². The van der Waals surface area contributed by atoms with Crippen LogP contribution in [0.3, 0.4) is 0 Å². The average molecular weight is 295 g/mol. The molecule has 20 heavy (non-hydrogen) atoms. The Kier molecular flexibility index (Phi) is 5.74. The third kappa shape index (κ3) is 3.89. The summed E-state index contributed by atoms with van der Waals surface area (Å²) < 4.78 is 0. The predicted octanol–water partition coefficient (Wildman–Crippen LogP) is 4.25. The Morgan fingerprint density at radius 3 is 2.55 bits per heavy atom. The number of halogens is 1. The van der Waals surface area contributed by atoms with Crippen molar-refractivity contribution in [2.24, 2.45) is 11.7 Å². The van der Waals surface area contributed by atoms with Crippen molar-refractivity contribution in [1.82, 2.24) is 0 Å². The average Bonchev–Trinajstić information content (AvgIpc) is 2.92. The molecule has 0 spiro atoms. The van der Waals surface area contributed by atoms with Gasteiger partial charge in [-0.15, -0.1) is 0 Å². The van der Waals surface area contributed by atoms with Gasteiger partial charge in [0.1, 0.15) is 0 Å². The number of nitrogens with zero attached hydrogens (tertiary/aromatic N) is 1. The monoisotopic (exact) mass is 294 g/mol. The van der Waals surface area contributed by atoms with Crippen LogP contribution in [0.25, 0.3) is 0 Å². The Balaban J connectivity index is 2.21. The fourth-order valence-electron chi connectivity index (χ4n) is 3.15. The minimum atomic E-state index is 0.650. The third-order valence-corrected chi connectivity index (χ3v) is 4.46. The largest absolute Gasteiger partial charge is 0.368 e. The summed E-state index contributed by atoms with van der Waals surface area (Å²) >= 11 is 6.41. The molecule has 2 N–H and O–H groups in total. The normalized spacial score (nSPS) is 16.1. The predicted molar refractivity (Wildman–Crippen MR) is 88.7 cm³/mol. The van der Waals surface area contributed by atoms with E-state index in [1.807, 2.05) is 0 Å². The highest BCUT2D eigenvalue weighted by atomic mass is 35.5. The van der Waals surface area contributed by atoms with E-state index in [2.05, 4.69) is 36.9 Å². The second kappa shape index (κ2) is 7.33. The zero-order chi connectivity index (χ0) is 14.5. The van der Waals surface area contributed by atoms with E-state index in [9.17, 15) is 0 Å². The van der Waals surface area contributed by atoms with Crippen molar-refractivity contribution in [3.8, 4) is 0 Å². The first-order valence-electron chi connectivity index (χ1n) is 7.87. The topological polar surface area (TPSA) is 29.3 Å². The van der Waals surface area contributed by atoms with E-state index < -0.39 is 0 Å². The summed E-state index contributed by atoms with van der Waals surface area (Å²) in [6.07, 6.45) is 6.20. The molecular formula is C17H27ClN2. The van der Waals surface area contributed by atoms with Crippen molar-refractivity contribution in [2.45, 2.75) is 52.0 Å². The van der Waals surface area contributed by atoms with Crippen LogP contribution in [0.1, 0.15) is 45.1 Å². The second-order valence-corrected chi connectivity index (χ2v) is 6.71. The van der Waals surface area contributed by atoms with E-state index in [4.69, 9.17) is 17.3 Å². The van der Waals surface area contributed by atoms with E-state index in [1.165, 1.54) is 31.4 Å². The maximum Gasteiger partial charge on any atom is 0.0459 e. The molecule has 0 heterocycles. The fourth-order valence-corrected chi connectivity index (χ4v) is 3.42. The molecule has 1 fully saturated rings. The zero-order valence-electron chi connectivity index (χ0n) is 12.7. The standard InChI is InChI=1S/C17H27ClN2/c1-13(2)12-20(15-5-3-4-6-15)16-8-7-14(9-10-19)17(18)11-16/h7-8,11,13,15H,3-6,9-10,12,19H2,1-2H3. The van der Waals surface area contributed by atoms with Gasteiger partial charge in [0.2, 0.25) is 0 Å². The van der Waals surface area contributed by atoms with Gasteiger partial charge in [0, 0.05) is 23.3 Å². The van der Waals surface area contributed by atoms with Crippen LogP contribution >= 0.6 is 11.6 Å². The highest BCUT2D eigenvalue weighted by Gasteiger charge is 2.23. The van der Waals surface area contributed by atoms with E-state index in [-0.39, 0.29) is 0 Å². The van der Waals surface area contributed by atoms with Crippen molar-refractivity contribution in [3.63, 3.8) is 0 Å². The molecule has 0 aromatic heterocycles. The van der Waals surface area contributed by atoms with Crippen LogP contribution in [-0.4, -0.2) is 19.1 Å². The molecule has 0 radical (unpaired) electrons. The maximum absolute atomic E-state index is 6.41. The molecule has 0 atom stereocenters. The van der Waals surface area contributed by atoms with Gasteiger partial charge in [-0.1, -0.05) is 44.4 Å². The van der Waals surface area contributed by atoms with E-state index in [1.54, 1.807) is 0 Å². The van der Waals surface area contributed by atoms with Gasteiger partial charge in [-0.3, -0.25) is 0 Å². The van der Waals surface area contributed by atoms with Crippen molar-refractivity contribution >= 4 is 17.3 Å². The van der Waals surface area contributed by atoms with E-state index >= 15 is 0 Å². The molecule has 0 bridgehead atoms. The van der Waals surface area contributed by atoms with Crippen molar-refractivity contribution < 1.29 is 0 Å². The number of hydrogen-bond donors (Lipinski definition) is 1. The molecule has 1 aliphatic carbocycles. The van der Waals surface area contributed by atoms with Crippen LogP contribution in [0.4, 0.5) is 5.69 Å². The van der Waals surface area contributed by atoms with Crippen LogP contribution in [0.5, 0.6) is 0 Å². The molecule has 0 aliphatic heterocycles. The van der Waals surface area contributed by atoms with Gasteiger partial charge in [-0.05, 0) is 49.4 Å². The molecule has 1 aromatic carbocycles. The highest BCUT2D eigenvalue weighted by Crippen LogP contribution is 2.31. The lowest BCUT2D eigenvalue weighted by molar-refractivity contribution is 0.536. The van der Waals surface area contributed by atoms with Crippen molar-refractivity contribution in [2.75, 3.05) is 18.0 Å². The molecule has 0 unspecified atom stereocenters. The summed E-state index contributed by atoms with van der Waals surface area (Å²) in [5.74, 6) is 0.665. The molecule has 2 nitrogen and oxygen atoms in total. The smallest absolute Gasteiger partial charge is 0.0459 e. The molecule has 2 rings (SSSR count). The summed E-state index contributed by atoms with van der Waals surface area (Å²) in [7, 11) is 0. The molecule has 1 aliphatic rings. The molecule has 0 saturated heterocycles. The number of nitrogens with two attached hydrogens (primary N) is 1. The van der Waals surface area contributed by atoms with E-state index in [0.717, 1.165) is 23.6 Å². The van der Waals surface area contributed by atoms with Crippen LogP contribution in [0, 0.1) is 5.92 Å². The lowest BCUT2D eigenvalue weighted by Gasteiger charge is -2.33. The minimum Gasteiger partial charge on any atom is -0.368 e. The Hall–Kier alpha value is -0.730. The van der Waals surface area contributed by atoms with Gasteiger partial charge in [0.05, 0.1) is 0 Å². The first kappa shape index (κ1) is 15.7. The third-order valence-electron chi connectivity index (χ3n) is 4.11. The Labute approximate surface area is 128 Å². The second-order valence-electron chi connectivity index (χ2n) is 6.30. The first-order chi connectivity index (χ1) is 9.61. The molecule has 3 heteroatoms. The van der Waals surface area contributed by atoms with Crippen LogP contribution in [0.15, 0.2) is 18.2 Å². The first-order valence-corrected chi connectivity index (χ1v) is 8.24. The van der Waals surface area contributed by atoms with Crippen molar-refractivity contribution in [3.05, 3.63) is 28.8 Å². The fraction of sp³-hybridized carbons (Fsp3) is 0.647. The Morgan fingerprint density at radius 2 is 2.00 bits per heavy atom. The number of hydrogen-bond acceptors (Lipinski definition) is 2. The SMILES string of the molecule is CC(C)CN(c1ccc(CCN)c(Cl)c1)C1CCCC1. The van der Waals surface area contributed by atoms with Crippen LogP contribution < -0.4 is 10.6 Å². The molecule has 112 valence electrons. The van der Waals surface area contributed by atoms with Crippen molar-refractivity contribution in [1.29, 1.82) is 0 Å². The summed E-state index contributed by atoms with van der Waals surface area (Å²) in [4.78, 5) is 2.57. The molecule has 1 saturated carbocycles. The number of benzene rings is 1. The number of rotatable bonds is 6. The molecule has 1 aromatic rings. The van der Waals surface area contributed by atoms with Crippen LogP contribution in [-0.2, 0) is 6.42 Å². The van der Waals surface area contributed by atoms with Gasteiger partial charge in [0.25, 0.3) is 0 Å². The van der Waals surface area contributed by atoms with Gasteiger partial charge in [0.15, 0.2) is 0 Å². The van der Waals surface area contributed by atoms with Crippen LogP contribution in [0.2, 0.25) is 5.02 Å². The zero-order valence-corrected chi connectivity index (χ0v) is 13.5. The summed E-state index contributed by atoms with van der Waals surface area (Å²) in [5, 5.41) is 0.861. The van der Waals surface area contributed by atoms with E-state index in [0.29, 0.717) is 18.5 Å². The number of anilines is 1. The van der Waals surface area contributed by atoms with Gasteiger partial charge >= 0.3 is 0 Å². The summed E-state index contributed by atoms with van der Waals surface area (Å²) in [6.45, 7) is 6.33. The van der Waals surface area contributed by atoms with Gasteiger partial charge in [-0.25, -0.2) is 0 Å². The summed E-state index contributed by atoms with van der Waals surface area (Å²) in [6, 6.07) is 7.19. The lowest BCUT2D eigenvalue weighted by atomic mass is 10.1.